The molecule has 8 nitrogen and oxygen atoms in total. The number of phenols is 1. The van der Waals surface area contributed by atoms with Crippen LogP contribution in [0.3, 0.4) is 0 Å². The van der Waals surface area contributed by atoms with Crippen LogP contribution in [0, 0.1) is 10.1 Å². The first-order chi connectivity index (χ1) is 13.8. The van der Waals surface area contributed by atoms with Crippen LogP contribution in [-0.4, -0.2) is 27.9 Å². The van der Waals surface area contributed by atoms with Gasteiger partial charge in [0, 0.05) is 22.7 Å². The Morgan fingerprint density at radius 1 is 1.31 bits per heavy atom. The number of ether oxygens (including phenoxy) is 1. The summed E-state index contributed by atoms with van der Waals surface area (Å²) in [6.07, 6.45) is 2.69. The third kappa shape index (κ3) is 4.53. The number of methoxy groups -OCH3 is 1. The zero-order valence-corrected chi connectivity index (χ0v) is 16.4. The minimum atomic E-state index is -0.752. The molecule has 0 atom stereocenters. The lowest BCUT2D eigenvalue weighted by Crippen LogP contribution is -2.20. The number of aromatic hydroxyl groups is 1. The van der Waals surface area contributed by atoms with Gasteiger partial charge in [-0.25, -0.2) is 0 Å². The second kappa shape index (κ2) is 8.29. The predicted molar refractivity (Wildman–Crippen MR) is 109 cm³/mol. The van der Waals surface area contributed by atoms with Gasteiger partial charge in [0.25, 0.3) is 5.56 Å². The summed E-state index contributed by atoms with van der Waals surface area (Å²) in [5.41, 5.74) is -0.310. The SMILES string of the molecule is COc1cc(/C=c2\s/c(=C\C(=O)c3ccc(Cl)cc3)[nH]c2=O)cc([N+](=O)[O-])c1O. The largest absolute Gasteiger partial charge is 0.500 e. The summed E-state index contributed by atoms with van der Waals surface area (Å²) < 4.78 is 5.49. The molecule has 0 fully saturated rings. The number of aromatic amines is 1. The van der Waals surface area contributed by atoms with Crippen LogP contribution in [0.2, 0.25) is 5.02 Å². The number of hydrogen-bond acceptors (Lipinski definition) is 7. The highest BCUT2D eigenvalue weighted by Gasteiger charge is 2.19. The number of nitro groups is 1. The van der Waals surface area contributed by atoms with Gasteiger partial charge in [0.15, 0.2) is 11.5 Å². The smallest absolute Gasteiger partial charge is 0.315 e. The van der Waals surface area contributed by atoms with Gasteiger partial charge in [-0.3, -0.25) is 19.7 Å². The number of nitro benzene ring substituents is 1. The van der Waals surface area contributed by atoms with Gasteiger partial charge >= 0.3 is 5.69 Å². The zero-order valence-electron chi connectivity index (χ0n) is 14.8. The standard InChI is InChI=1S/C19H13ClN2O6S/c1-28-15-7-10(6-13(18(15)24)22(26)27)8-16-19(25)21-17(29-16)9-14(23)11-2-4-12(20)5-3-11/h2-9,24H,1H3,(H,21,25)/b16-8-,17-9-. The van der Waals surface area contributed by atoms with Crippen molar-refractivity contribution >= 4 is 46.6 Å². The van der Waals surface area contributed by atoms with E-state index >= 15 is 0 Å². The molecule has 0 bridgehead atoms. The minimum absolute atomic E-state index is 0.0943. The van der Waals surface area contributed by atoms with Gasteiger partial charge in [0.2, 0.25) is 5.75 Å². The van der Waals surface area contributed by atoms with Crippen molar-refractivity contribution in [2.24, 2.45) is 0 Å². The van der Waals surface area contributed by atoms with Crippen molar-refractivity contribution in [2.75, 3.05) is 7.11 Å². The first-order valence-electron chi connectivity index (χ1n) is 8.06. The summed E-state index contributed by atoms with van der Waals surface area (Å²) >= 11 is 6.82. The van der Waals surface area contributed by atoms with Crippen molar-refractivity contribution in [3.63, 3.8) is 0 Å². The Morgan fingerprint density at radius 2 is 2.00 bits per heavy atom. The molecule has 0 saturated heterocycles. The van der Waals surface area contributed by atoms with Gasteiger partial charge in [-0.2, -0.15) is 0 Å². The lowest BCUT2D eigenvalue weighted by atomic mass is 10.1. The number of nitrogens with one attached hydrogen (secondary N) is 1. The molecule has 10 heteroatoms. The molecule has 0 amide bonds. The van der Waals surface area contributed by atoms with E-state index in [1.165, 1.54) is 25.3 Å². The van der Waals surface area contributed by atoms with Crippen LogP contribution in [0.15, 0.2) is 41.2 Å². The second-order valence-electron chi connectivity index (χ2n) is 5.79. The Bertz CT molecular complexity index is 1280. The number of aromatic nitrogens is 1. The second-order valence-corrected chi connectivity index (χ2v) is 7.31. The summed E-state index contributed by atoms with van der Waals surface area (Å²) in [6.45, 7) is 0. The highest BCUT2D eigenvalue weighted by Crippen LogP contribution is 2.36. The molecule has 0 radical (unpaired) electrons. The monoisotopic (exact) mass is 432 g/mol. The molecule has 2 aromatic carbocycles. The lowest BCUT2D eigenvalue weighted by molar-refractivity contribution is -0.386. The molecular weight excluding hydrogens is 420 g/mol. The Kier molecular flexibility index (Phi) is 5.81. The molecule has 0 unspecified atom stereocenters. The minimum Gasteiger partial charge on any atom is -0.500 e. The topological polar surface area (TPSA) is 123 Å². The van der Waals surface area contributed by atoms with E-state index in [2.05, 4.69) is 4.98 Å². The van der Waals surface area contributed by atoms with Crippen LogP contribution in [0.5, 0.6) is 11.5 Å². The highest BCUT2D eigenvalue weighted by molar-refractivity contribution is 7.07. The van der Waals surface area contributed by atoms with Crippen molar-refractivity contribution in [1.29, 1.82) is 0 Å². The average Bonchev–Trinajstić information content (AvgIpc) is 3.01. The molecule has 1 heterocycles. The molecule has 2 N–H and O–H groups in total. The van der Waals surface area contributed by atoms with E-state index in [4.69, 9.17) is 16.3 Å². The number of Topliss-reactive ketones (excluding diaryl/α,β-unsaturated/α-hetero) is 1. The van der Waals surface area contributed by atoms with Crippen LogP contribution in [-0.2, 0) is 0 Å². The zero-order chi connectivity index (χ0) is 21.1. The van der Waals surface area contributed by atoms with Crippen molar-refractivity contribution in [3.05, 3.63) is 82.2 Å². The van der Waals surface area contributed by atoms with Crippen molar-refractivity contribution in [2.45, 2.75) is 0 Å². The number of hydrogen-bond donors (Lipinski definition) is 2. The predicted octanol–water partition coefficient (Wildman–Crippen LogP) is 2.20. The van der Waals surface area contributed by atoms with Gasteiger partial charge in [-0.15, -0.1) is 11.3 Å². The average molecular weight is 433 g/mol. The molecule has 0 spiro atoms. The van der Waals surface area contributed by atoms with Gasteiger partial charge in [0.1, 0.15) is 0 Å². The Balaban J connectivity index is 2.04. The number of halogens is 1. The number of ketones is 1. The number of carbonyl (C=O) groups excluding carboxylic acids is 1. The maximum absolute atomic E-state index is 12.3. The Labute approximate surface area is 172 Å². The molecule has 3 aromatic rings. The first kappa shape index (κ1) is 20.3. The molecular formula is C19H13ClN2O6S. The maximum Gasteiger partial charge on any atom is 0.315 e. The summed E-state index contributed by atoms with van der Waals surface area (Å²) in [6, 6.07) is 8.81. The normalized spacial score (nSPS) is 12.2. The maximum atomic E-state index is 12.3. The molecule has 0 aliphatic heterocycles. The number of thiazole rings is 1. The Hall–Kier alpha value is -3.43. The number of H-pyrrole nitrogens is 1. The van der Waals surface area contributed by atoms with E-state index in [1.807, 2.05) is 0 Å². The van der Waals surface area contributed by atoms with E-state index in [9.17, 15) is 24.8 Å². The number of benzene rings is 2. The molecule has 0 saturated carbocycles. The fourth-order valence-electron chi connectivity index (χ4n) is 2.48. The van der Waals surface area contributed by atoms with Crippen LogP contribution >= 0.6 is 22.9 Å². The summed E-state index contributed by atoms with van der Waals surface area (Å²) in [5.74, 6) is -1.01. The van der Waals surface area contributed by atoms with Crippen molar-refractivity contribution < 1.29 is 19.6 Å². The fraction of sp³-hybridized carbons (Fsp3) is 0.0526. The van der Waals surface area contributed by atoms with Gasteiger partial charge in [0.05, 0.1) is 21.2 Å². The van der Waals surface area contributed by atoms with Gasteiger partial charge in [-0.05, 0) is 42.0 Å². The molecule has 1 aromatic heterocycles. The van der Waals surface area contributed by atoms with Crippen LogP contribution in [0.1, 0.15) is 15.9 Å². The number of rotatable bonds is 5. The lowest BCUT2D eigenvalue weighted by Gasteiger charge is -2.04. The van der Waals surface area contributed by atoms with Gasteiger partial charge < -0.3 is 14.8 Å². The fourth-order valence-corrected chi connectivity index (χ4v) is 3.50. The van der Waals surface area contributed by atoms with E-state index in [0.717, 1.165) is 17.4 Å². The number of phenolic OH excluding ortho intramolecular Hbond substituents is 1. The molecule has 0 aliphatic rings. The van der Waals surface area contributed by atoms with Crippen molar-refractivity contribution in [3.8, 4) is 11.5 Å². The van der Waals surface area contributed by atoms with Crippen LogP contribution in [0.4, 0.5) is 5.69 Å². The van der Waals surface area contributed by atoms with Gasteiger partial charge in [-0.1, -0.05) is 11.6 Å². The first-order valence-corrected chi connectivity index (χ1v) is 9.26. The quantitative estimate of drug-likeness (QED) is 0.362. The van der Waals surface area contributed by atoms with Crippen molar-refractivity contribution in [1.82, 2.24) is 4.98 Å². The third-order valence-electron chi connectivity index (χ3n) is 3.86. The Morgan fingerprint density at radius 3 is 2.62 bits per heavy atom. The molecule has 0 aliphatic carbocycles. The van der Waals surface area contributed by atoms with Crippen LogP contribution < -0.4 is 19.5 Å². The van der Waals surface area contributed by atoms with E-state index < -0.39 is 21.9 Å². The third-order valence-corrected chi connectivity index (χ3v) is 5.08. The summed E-state index contributed by atoms with van der Waals surface area (Å²) in [5, 5.41) is 21.4. The van der Waals surface area contributed by atoms with E-state index in [-0.39, 0.29) is 21.6 Å². The number of nitrogens with zero attached hydrogens (tertiary/aromatic N) is 1. The summed E-state index contributed by atoms with van der Waals surface area (Å²) in [4.78, 5) is 37.4. The molecule has 148 valence electrons. The summed E-state index contributed by atoms with van der Waals surface area (Å²) in [7, 11) is 1.26. The molecule has 3 rings (SSSR count). The highest BCUT2D eigenvalue weighted by atomic mass is 35.5. The van der Waals surface area contributed by atoms with E-state index in [0.29, 0.717) is 15.2 Å². The number of carbonyl (C=O) groups is 1. The van der Waals surface area contributed by atoms with Crippen LogP contribution in [0.25, 0.3) is 12.2 Å². The van der Waals surface area contributed by atoms with E-state index in [1.54, 1.807) is 24.3 Å². The molecule has 29 heavy (non-hydrogen) atoms.